The summed E-state index contributed by atoms with van der Waals surface area (Å²) in [7, 11) is 1.74. The summed E-state index contributed by atoms with van der Waals surface area (Å²) in [5.74, 6) is -0.640. The second-order valence-corrected chi connectivity index (χ2v) is 4.68. The Kier molecular flexibility index (Phi) is 3.72. The molecule has 1 aromatic carbocycles. The quantitative estimate of drug-likeness (QED) is 0.698. The molecule has 0 aromatic heterocycles. The number of phenols is 2. The van der Waals surface area contributed by atoms with Crippen LogP contribution in [0, 0.1) is 0 Å². The minimum atomic E-state index is -0.270. The molecule has 1 aromatic rings. The van der Waals surface area contributed by atoms with Gasteiger partial charge in [-0.25, -0.2) is 0 Å². The molecule has 0 bridgehead atoms. The monoisotopic (exact) mass is 250 g/mol. The summed E-state index contributed by atoms with van der Waals surface area (Å²) in [6.45, 7) is 1.66. The van der Waals surface area contributed by atoms with Crippen molar-refractivity contribution in [1.29, 1.82) is 0 Å². The molecule has 18 heavy (non-hydrogen) atoms. The number of benzene rings is 1. The van der Waals surface area contributed by atoms with Crippen LogP contribution in [0.4, 0.5) is 0 Å². The Morgan fingerprint density at radius 1 is 1.44 bits per heavy atom. The van der Waals surface area contributed by atoms with Gasteiger partial charge < -0.3 is 20.4 Å². The van der Waals surface area contributed by atoms with E-state index in [1.54, 1.807) is 11.9 Å². The maximum absolute atomic E-state index is 12.1. The molecule has 2 rings (SSSR count). The maximum Gasteiger partial charge on any atom is 0.253 e. The molecule has 0 spiro atoms. The lowest BCUT2D eigenvalue weighted by Gasteiger charge is -2.21. The van der Waals surface area contributed by atoms with Crippen molar-refractivity contribution in [2.75, 3.05) is 20.1 Å². The second kappa shape index (κ2) is 5.27. The van der Waals surface area contributed by atoms with Crippen LogP contribution >= 0.6 is 0 Å². The first-order valence-electron chi connectivity index (χ1n) is 6.09. The van der Waals surface area contributed by atoms with Crippen molar-refractivity contribution in [2.24, 2.45) is 0 Å². The molecule has 1 amide bonds. The van der Waals surface area contributed by atoms with Crippen LogP contribution in [0.1, 0.15) is 23.2 Å². The molecule has 5 nitrogen and oxygen atoms in total. The van der Waals surface area contributed by atoms with Crippen LogP contribution < -0.4 is 5.32 Å². The third kappa shape index (κ3) is 2.73. The van der Waals surface area contributed by atoms with Gasteiger partial charge in [0.15, 0.2) is 11.5 Å². The lowest BCUT2D eigenvalue weighted by atomic mass is 10.1. The van der Waals surface area contributed by atoms with E-state index in [1.807, 2.05) is 0 Å². The predicted molar refractivity (Wildman–Crippen MR) is 67.8 cm³/mol. The molecule has 5 heteroatoms. The first kappa shape index (κ1) is 12.7. The zero-order chi connectivity index (χ0) is 13.1. The molecule has 0 radical (unpaired) electrons. The van der Waals surface area contributed by atoms with E-state index in [9.17, 15) is 15.0 Å². The van der Waals surface area contributed by atoms with Gasteiger partial charge in [-0.3, -0.25) is 4.79 Å². The minimum absolute atomic E-state index is 0.154. The van der Waals surface area contributed by atoms with Crippen molar-refractivity contribution in [2.45, 2.75) is 18.9 Å². The zero-order valence-corrected chi connectivity index (χ0v) is 10.4. The second-order valence-electron chi connectivity index (χ2n) is 4.68. The van der Waals surface area contributed by atoms with Crippen LogP contribution in [0.5, 0.6) is 11.5 Å². The van der Waals surface area contributed by atoms with Crippen LogP contribution in [0.15, 0.2) is 18.2 Å². The summed E-state index contributed by atoms with van der Waals surface area (Å²) in [6, 6.07) is 4.47. The van der Waals surface area contributed by atoms with E-state index in [-0.39, 0.29) is 17.4 Å². The Morgan fingerprint density at radius 2 is 2.22 bits per heavy atom. The third-order valence-electron chi connectivity index (χ3n) is 3.23. The number of nitrogens with one attached hydrogen (secondary N) is 1. The lowest BCUT2D eigenvalue weighted by molar-refractivity contribution is 0.0783. The van der Waals surface area contributed by atoms with E-state index in [0.717, 1.165) is 19.4 Å². The number of rotatable bonds is 3. The molecule has 1 fully saturated rings. The summed E-state index contributed by atoms with van der Waals surface area (Å²) >= 11 is 0. The van der Waals surface area contributed by atoms with Gasteiger partial charge >= 0.3 is 0 Å². The Morgan fingerprint density at radius 3 is 2.83 bits per heavy atom. The van der Waals surface area contributed by atoms with Crippen molar-refractivity contribution < 1.29 is 15.0 Å². The van der Waals surface area contributed by atoms with Crippen molar-refractivity contribution >= 4 is 5.91 Å². The van der Waals surface area contributed by atoms with Gasteiger partial charge in [0.25, 0.3) is 5.91 Å². The number of phenolic OH excluding ortho intramolecular Hbond substituents is 2. The van der Waals surface area contributed by atoms with Crippen LogP contribution in [-0.2, 0) is 0 Å². The smallest absolute Gasteiger partial charge is 0.253 e. The van der Waals surface area contributed by atoms with E-state index in [1.165, 1.54) is 18.2 Å². The number of amides is 1. The summed E-state index contributed by atoms with van der Waals surface area (Å²) < 4.78 is 0. The van der Waals surface area contributed by atoms with Crippen LogP contribution in [-0.4, -0.2) is 47.2 Å². The highest BCUT2D eigenvalue weighted by atomic mass is 16.3. The molecular weight excluding hydrogens is 232 g/mol. The normalized spacial score (nSPS) is 18.8. The van der Waals surface area contributed by atoms with Crippen LogP contribution in [0.3, 0.4) is 0 Å². The Labute approximate surface area is 106 Å². The average molecular weight is 250 g/mol. The van der Waals surface area contributed by atoms with Crippen LogP contribution in [0.2, 0.25) is 0 Å². The largest absolute Gasteiger partial charge is 0.504 e. The van der Waals surface area contributed by atoms with Crippen molar-refractivity contribution in [3.8, 4) is 11.5 Å². The van der Waals surface area contributed by atoms with Gasteiger partial charge in [-0.05, 0) is 37.6 Å². The number of aromatic hydroxyl groups is 2. The number of hydrogen-bond donors (Lipinski definition) is 3. The molecule has 0 saturated carbocycles. The maximum atomic E-state index is 12.1. The van der Waals surface area contributed by atoms with E-state index in [4.69, 9.17) is 0 Å². The third-order valence-corrected chi connectivity index (χ3v) is 3.23. The SMILES string of the molecule is CN(CC1CCCN1)C(=O)c1ccc(O)c(O)c1. The molecule has 1 aliphatic heterocycles. The van der Waals surface area contributed by atoms with Gasteiger partial charge in [0.05, 0.1) is 0 Å². The lowest BCUT2D eigenvalue weighted by Crippen LogP contribution is -2.38. The Bertz CT molecular complexity index is 442. The number of likely N-dealkylation sites (N-methyl/N-ethyl adjacent to an activating group) is 1. The van der Waals surface area contributed by atoms with Crippen LogP contribution in [0.25, 0.3) is 0 Å². The van der Waals surface area contributed by atoms with Gasteiger partial charge in [0.2, 0.25) is 0 Å². The minimum Gasteiger partial charge on any atom is -0.504 e. The summed E-state index contributed by atoms with van der Waals surface area (Å²) in [5, 5.41) is 21.9. The number of nitrogens with zero attached hydrogens (tertiary/aromatic N) is 1. The molecule has 98 valence electrons. The highest BCUT2D eigenvalue weighted by Gasteiger charge is 2.20. The highest BCUT2D eigenvalue weighted by molar-refractivity contribution is 5.94. The highest BCUT2D eigenvalue weighted by Crippen LogP contribution is 2.25. The molecule has 1 aliphatic rings. The van der Waals surface area contributed by atoms with Crippen molar-refractivity contribution in [1.82, 2.24) is 10.2 Å². The summed E-state index contributed by atoms with van der Waals surface area (Å²) in [5.41, 5.74) is 0.380. The molecular formula is C13H18N2O3. The molecule has 0 aliphatic carbocycles. The summed E-state index contributed by atoms with van der Waals surface area (Å²) in [4.78, 5) is 13.7. The first-order chi connectivity index (χ1) is 8.58. The predicted octanol–water partition coefficient (Wildman–Crippen LogP) is 0.922. The van der Waals surface area contributed by atoms with E-state index < -0.39 is 0 Å². The van der Waals surface area contributed by atoms with Gasteiger partial charge in [0.1, 0.15) is 0 Å². The fraction of sp³-hybridized carbons (Fsp3) is 0.462. The van der Waals surface area contributed by atoms with Gasteiger partial charge in [-0.2, -0.15) is 0 Å². The van der Waals surface area contributed by atoms with Crippen molar-refractivity contribution in [3.05, 3.63) is 23.8 Å². The van der Waals surface area contributed by atoms with Gasteiger partial charge in [0, 0.05) is 25.2 Å². The van der Waals surface area contributed by atoms with E-state index in [2.05, 4.69) is 5.32 Å². The summed E-state index contributed by atoms with van der Waals surface area (Å²) in [6.07, 6.45) is 2.23. The van der Waals surface area contributed by atoms with E-state index >= 15 is 0 Å². The average Bonchev–Trinajstić information content (AvgIpc) is 2.84. The molecule has 3 N–H and O–H groups in total. The number of hydrogen-bond acceptors (Lipinski definition) is 4. The number of carbonyl (C=O) groups excluding carboxylic acids is 1. The Hall–Kier alpha value is -1.75. The topological polar surface area (TPSA) is 72.8 Å². The van der Waals surface area contributed by atoms with Gasteiger partial charge in [-0.15, -0.1) is 0 Å². The zero-order valence-electron chi connectivity index (χ0n) is 10.4. The molecule has 1 heterocycles. The number of carbonyl (C=O) groups is 1. The molecule has 1 unspecified atom stereocenters. The fourth-order valence-electron chi connectivity index (χ4n) is 2.20. The molecule has 1 saturated heterocycles. The Balaban J connectivity index is 2.02. The standard InChI is InChI=1S/C13H18N2O3/c1-15(8-10-3-2-6-14-10)13(18)9-4-5-11(16)12(17)7-9/h4-5,7,10,14,16-17H,2-3,6,8H2,1H3. The fourth-order valence-corrected chi connectivity index (χ4v) is 2.20. The van der Waals surface area contributed by atoms with Gasteiger partial charge in [-0.1, -0.05) is 0 Å². The first-order valence-corrected chi connectivity index (χ1v) is 6.09. The molecule has 1 atom stereocenters. The van der Waals surface area contributed by atoms with E-state index in [0.29, 0.717) is 18.2 Å². The van der Waals surface area contributed by atoms with Crippen molar-refractivity contribution in [3.63, 3.8) is 0 Å².